The summed E-state index contributed by atoms with van der Waals surface area (Å²) in [4.78, 5) is 73.9. The van der Waals surface area contributed by atoms with E-state index in [4.69, 9.17) is 14.2 Å². The molecule has 13 nitrogen and oxygen atoms in total. The van der Waals surface area contributed by atoms with Crippen molar-refractivity contribution >= 4 is 52.2 Å². The lowest BCUT2D eigenvalue weighted by atomic mass is 9.89. The van der Waals surface area contributed by atoms with Crippen LogP contribution in [0.1, 0.15) is 79.7 Å². The Bertz CT molecular complexity index is 1380. The van der Waals surface area contributed by atoms with Gasteiger partial charge in [-0.05, 0) is 43.2 Å². The fourth-order valence-corrected chi connectivity index (χ4v) is 8.28. The fourth-order valence-electron chi connectivity index (χ4n) is 7.85. The van der Waals surface area contributed by atoms with Gasteiger partial charge in [-0.3, -0.25) is 24.1 Å². The number of rotatable bonds is 22. The molecule has 55 heavy (non-hydrogen) atoms. The molecule has 1 saturated heterocycles. The highest BCUT2D eigenvalue weighted by atomic mass is 127. The molecule has 4 amide bonds. The van der Waals surface area contributed by atoms with E-state index in [9.17, 15) is 24.0 Å². The highest BCUT2D eigenvalue weighted by molar-refractivity contribution is 14.1. The quantitative estimate of drug-likeness (QED) is 0.0754. The number of hydrogen-bond acceptors (Lipinski definition) is 9. The third kappa shape index (κ3) is 13.1. The largest absolute Gasteiger partial charge is 0.467 e. The van der Waals surface area contributed by atoms with Crippen LogP contribution in [-0.2, 0) is 44.6 Å². The van der Waals surface area contributed by atoms with Crippen LogP contribution < -0.4 is 10.6 Å². The zero-order valence-electron chi connectivity index (χ0n) is 35.2. The molecule has 1 aromatic rings. The molecule has 1 heterocycles. The number of carbonyl (C=O) groups is 5. The van der Waals surface area contributed by atoms with Crippen LogP contribution in [0.25, 0.3) is 0 Å². The lowest BCUT2D eigenvalue weighted by Gasteiger charge is -2.41. The average Bonchev–Trinajstić information content (AvgIpc) is 3.65. The van der Waals surface area contributed by atoms with Crippen LogP contribution in [0.15, 0.2) is 30.3 Å². The number of benzene rings is 1. The minimum absolute atomic E-state index is 0.00666. The van der Waals surface area contributed by atoms with Crippen LogP contribution in [0.5, 0.6) is 0 Å². The van der Waals surface area contributed by atoms with Crippen molar-refractivity contribution in [3.05, 3.63) is 35.9 Å². The second kappa shape index (κ2) is 23.4. The Labute approximate surface area is 343 Å². The summed E-state index contributed by atoms with van der Waals surface area (Å²) in [6.45, 7) is 14.1. The molecule has 2 N–H and O–H groups in total. The molecule has 0 aliphatic carbocycles. The van der Waals surface area contributed by atoms with Gasteiger partial charge in [0.25, 0.3) is 0 Å². The minimum atomic E-state index is -0.890. The summed E-state index contributed by atoms with van der Waals surface area (Å²) in [6, 6.07) is 6.47. The number of nitrogens with zero attached hydrogens (tertiary/aromatic N) is 3. The number of esters is 1. The van der Waals surface area contributed by atoms with Gasteiger partial charge in [0.05, 0.1) is 54.3 Å². The molecule has 1 aliphatic heterocycles. The number of alkyl halides is 1. The number of likely N-dealkylation sites (tertiary alicyclic amines) is 1. The first kappa shape index (κ1) is 48.3. The molecule has 2 rings (SSSR count). The summed E-state index contributed by atoms with van der Waals surface area (Å²) in [6.07, 6.45) is 1.08. The van der Waals surface area contributed by atoms with Crippen molar-refractivity contribution in [3.63, 3.8) is 0 Å². The monoisotopic (exact) mass is 885 g/mol. The molecule has 0 radical (unpaired) electrons. The topological polar surface area (TPSA) is 147 Å². The molecule has 0 saturated carbocycles. The fraction of sp³-hybridized carbons (Fsp3) is 0.732. The lowest BCUT2D eigenvalue weighted by Crippen LogP contribution is -2.60. The van der Waals surface area contributed by atoms with E-state index in [0.29, 0.717) is 17.5 Å². The molecule has 1 unspecified atom stereocenters. The molecule has 1 aromatic carbocycles. The van der Waals surface area contributed by atoms with Gasteiger partial charge in [-0.25, -0.2) is 4.79 Å². The van der Waals surface area contributed by atoms with Crippen LogP contribution >= 0.6 is 22.6 Å². The second-order valence-electron chi connectivity index (χ2n) is 15.7. The first-order chi connectivity index (χ1) is 26.0. The zero-order valence-corrected chi connectivity index (χ0v) is 37.3. The minimum Gasteiger partial charge on any atom is -0.467 e. The van der Waals surface area contributed by atoms with Crippen molar-refractivity contribution in [2.45, 2.75) is 123 Å². The SMILES string of the molecule is CCC(C)[C@@H]([C@@H](CC(=O)N1CCC[C@H]1[C@H](OC)[C@@H](C)C(=O)N[C@@H](Cc1ccccc1)C(=O)OC)OC)N(C)C(=O)[C@@H](NC(=O)[C@H](C(C)C)N(C)CI)C(C)C. The number of methoxy groups -OCH3 is 3. The molecule has 1 aliphatic rings. The maximum atomic E-state index is 14.3. The van der Waals surface area contributed by atoms with Crippen LogP contribution in [0.3, 0.4) is 0 Å². The van der Waals surface area contributed by atoms with Gasteiger partial charge in [0.1, 0.15) is 12.1 Å². The van der Waals surface area contributed by atoms with E-state index < -0.39 is 54.3 Å². The summed E-state index contributed by atoms with van der Waals surface area (Å²) in [5, 5.41) is 5.92. The number of carbonyl (C=O) groups excluding carboxylic acids is 5. The van der Waals surface area contributed by atoms with Crippen LogP contribution in [0.2, 0.25) is 0 Å². The van der Waals surface area contributed by atoms with Gasteiger partial charge in [0.15, 0.2) is 0 Å². The van der Waals surface area contributed by atoms with Crippen LogP contribution in [0, 0.1) is 23.7 Å². The Morgan fingerprint density at radius 3 is 2.05 bits per heavy atom. The molecular formula is C41H68IN5O8. The van der Waals surface area contributed by atoms with Gasteiger partial charge in [-0.15, -0.1) is 0 Å². The molecule has 9 atom stereocenters. The standard InChI is InChI=1S/C41H68IN5O8/c1-13-27(6)36(46(9)40(51)34(25(2)3)44-39(50)35(26(4)5)45(8)24-42)32(53-10)23-33(48)47-21-17-20-31(47)37(54-11)28(7)38(49)43-30(41(52)55-12)22-29-18-15-14-16-19-29/h14-16,18-19,25-28,30-32,34-37H,13,17,20-24H2,1-12H3,(H,43,49)(H,44,50)/t27?,28-,30+,31+,32-,34+,35+,36+,37-/m1/s1. The van der Waals surface area contributed by atoms with Gasteiger partial charge >= 0.3 is 5.97 Å². The third-order valence-electron chi connectivity index (χ3n) is 11.1. The third-order valence-corrected chi connectivity index (χ3v) is 12.2. The summed E-state index contributed by atoms with van der Waals surface area (Å²) >= 11 is 2.23. The molecular weight excluding hydrogens is 817 g/mol. The van der Waals surface area contributed by atoms with E-state index in [0.717, 1.165) is 18.4 Å². The van der Waals surface area contributed by atoms with E-state index in [1.807, 2.05) is 83.8 Å². The van der Waals surface area contributed by atoms with E-state index in [1.54, 1.807) is 30.9 Å². The molecule has 0 spiro atoms. The predicted octanol–water partition coefficient (Wildman–Crippen LogP) is 4.30. The first-order valence-electron chi connectivity index (χ1n) is 19.6. The smallest absolute Gasteiger partial charge is 0.328 e. The van der Waals surface area contributed by atoms with Crippen molar-refractivity contribution in [3.8, 4) is 0 Å². The lowest BCUT2D eigenvalue weighted by molar-refractivity contribution is -0.149. The number of likely N-dealkylation sites (N-methyl/N-ethyl adjacent to an activating group) is 2. The van der Waals surface area contributed by atoms with Crippen LogP contribution in [0.4, 0.5) is 0 Å². The van der Waals surface area contributed by atoms with Gasteiger partial charge in [-0.2, -0.15) is 0 Å². The summed E-state index contributed by atoms with van der Waals surface area (Å²) in [7, 11) is 8.00. The predicted molar refractivity (Wildman–Crippen MR) is 222 cm³/mol. The summed E-state index contributed by atoms with van der Waals surface area (Å²) < 4.78 is 17.6. The summed E-state index contributed by atoms with van der Waals surface area (Å²) in [5.74, 6) is -2.40. The van der Waals surface area contributed by atoms with Crippen molar-refractivity contribution in [2.75, 3.05) is 46.5 Å². The van der Waals surface area contributed by atoms with Crippen LogP contribution in [-0.4, -0.2) is 133 Å². The number of halogens is 1. The van der Waals surface area contributed by atoms with Gasteiger partial charge < -0.3 is 34.6 Å². The Morgan fingerprint density at radius 1 is 0.909 bits per heavy atom. The highest BCUT2D eigenvalue weighted by Gasteiger charge is 2.43. The van der Waals surface area contributed by atoms with Crippen molar-refractivity contribution < 1.29 is 38.2 Å². The van der Waals surface area contributed by atoms with Crippen molar-refractivity contribution in [2.24, 2.45) is 23.7 Å². The first-order valence-corrected chi connectivity index (χ1v) is 21.1. The second-order valence-corrected chi connectivity index (χ2v) is 16.3. The Kier molecular flexibility index (Phi) is 20.6. The highest BCUT2D eigenvalue weighted by Crippen LogP contribution is 2.30. The Hall–Kier alpha value is -2.82. The van der Waals surface area contributed by atoms with Gasteiger partial charge in [0, 0.05) is 34.2 Å². The van der Waals surface area contributed by atoms with E-state index in [-0.39, 0.29) is 54.2 Å². The number of amides is 4. The molecule has 312 valence electrons. The van der Waals surface area contributed by atoms with E-state index in [2.05, 4.69) is 33.2 Å². The Balaban J connectivity index is 2.29. The van der Waals surface area contributed by atoms with Gasteiger partial charge in [0.2, 0.25) is 23.6 Å². The molecule has 0 bridgehead atoms. The zero-order chi connectivity index (χ0) is 41.6. The number of hydrogen-bond donors (Lipinski definition) is 2. The number of ether oxygens (including phenoxy) is 3. The van der Waals surface area contributed by atoms with Crippen molar-refractivity contribution in [1.82, 2.24) is 25.3 Å². The average molecular weight is 886 g/mol. The Morgan fingerprint density at radius 2 is 1.55 bits per heavy atom. The van der Waals surface area contributed by atoms with E-state index in [1.165, 1.54) is 14.2 Å². The normalized spacial score (nSPS) is 18.9. The molecule has 14 heteroatoms. The van der Waals surface area contributed by atoms with E-state index >= 15 is 0 Å². The summed E-state index contributed by atoms with van der Waals surface area (Å²) in [5.41, 5.74) is 0.876. The molecule has 0 aromatic heterocycles. The van der Waals surface area contributed by atoms with Gasteiger partial charge in [-0.1, -0.05) is 108 Å². The van der Waals surface area contributed by atoms with Crippen molar-refractivity contribution in [1.29, 1.82) is 0 Å². The number of nitrogens with one attached hydrogen (secondary N) is 2. The maximum absolute atomic E-state index is 14.3. The molecule has 1 fully saturated rings. The maximum Gasteiger partial charge on any atom is 0.328 e.